The van der Waals surface area contributed by atoms with Gasteiger partial charge in [-0.2, -0.15) is 0 Å². The van der Waals surface area contributed by atoms with Gasteiger partial charge in [-0.1, -0.05) is 0 Å². The summed E-state index contributed by atoms with van der Waals surface area (Å²) in [5.74, 6) is -0.869. The van der Waals surface area contributed by atoms with Gasteiger partial charge in [0.05, 0.1) is 12.0 Å². The lowest BCUT2D eigenvalue weighted by molar-refractivity contribution is -0.161. The highest BCUT2D eigenvalue weighted by Crippen LogP contribution is 2.20. The van der Waals surface area contributed by atoms with Crippen LogP contribution in [-0.4, -0.2) is 30.1 Å². The van der Waals surface area contributed by atoms with E-state index < -0.39 is 17.6 Å². The molecule has 0 aromatic heterocycles. The summed E-state index contributed by atoms with van der Waals surface area (Å²) in [6.07, 6.45) is 1.13. The molecule has 1 aliphatic rings. The Morgan fingerprint density at radius 2 is 2.00 bits per heavy atom. The number of piperidine rings is 1. The van der Waals surface area contributed by atoms with Crippen molar-refractivity contribution in [1.29, 1.82) is 0 Å². The van der Waals surface area contributed by atoms with Gasteiger partial charge in [0, 0.05) is 0 Å². The van der Waals surface area contributed by atoms with Crippen molar-refractivity contribution in [3.63, 3.8) is 0 Å². The second-order valence-electron chi connectivity index (χ2n) is 5.16. The van der Waals surface area contributed by atoms with E-state index in [9.17, 15) is 9.59 Å². The topological polar surface area (TPSA) is 81.4 Å². The Labute approximate surface area is 95.7 Å². The van der Waals surface area contributed by atoms with Gasteiger partial charge in [0.1, 0.15) is 5.60 Å². The Bertz CT molecular complexity index is 283. The molecular weight excluding hydrogens is 208 g/mol. The second kappa shape index (κ2) is 4.82. The number of ether oxygens (including phenoxy) is 1. The van der Waals surface area contributed by atoms with Crippen LogP contribution in [0.2, 0.25) is 0 Å². The Morgan fingerprint density at radius 3 is 2.50 bits per heavy atom. The summed E-state index contributed by atoms with van der Waals surface area (Å²) in [4.78, 5) is 22.8. The highest BCUT2D eigenvalue weighted by molar-refractivity contribution is 5.81. The Kier molecular flexibility index (Phi) is 3.91. The first-order chi connectivity index (χ1) is 7.29. The molecule has 0 aromatic rings. The smallest absolute Gasteiger partial charge is 0.309 e. The third kappa shape index (κ3) is 3.81. The zero-order valence-electron chi connectivity index (χ0n) is 10.1. The maximum Gasteiger partial charge on any atom is 0.309 e. The van der Waals surface area contributed by atoms with Gasteiger partial charge < -0.3 is 15.8 Å². The molecule has 3 N–H and O–H groups in total. The van der Waals surface area contributed by atoms with Crippen LogP contribution in [-0.2, 0) is 14.3 Å². The fourth-order valence-corrected chi connectivity index (χ4v) is 1.73. The molecule has 1 heterocycles. The molecule has 0 saturated carbocycles. The Morgan fingerprint density at radius 1 is 1.38 bits per heavy atom. The van der Waals surface area contributed by atoms with Crippen molar-refractivity contribution in [3.05, 3.63) is 0 Å². The molecule has 5 nitrogen and oxygen atoms in total. The third-order valence-electron chi connectivity index (χ3n) is 2.49. The quantitative estimate of drug-likeness (QED) is 0.661. The number of carbonyl (C=O) groups excluding carboxylic acids is 2. The first-order valence-electron chi connectivity index (χ1n) is 5.55. The molecular formula is C11H20N2O3. The third-order valence-corrected chi connectivity index (χ3v) is 2.49. The van der Waals surface area contributed by atoms with Crippen molar-refractivity contribution >= 4 is 11.9 Å². The minimum absolute atomic E-state index is 0.224. The Hall–Kier alpha value is -1.10. The zero-order valence-corrected chi connectivity index (χ0v) is 10.1. The summed E-state index contributed by atoms with van der Waals surface area (Å²) in [7, 11) is 0. The number of primary amides is 1. The van der Waals surface area contributed by atoms with Crippen molar-refractivity contribution in [1.82, 2.24) is 5.32 Å². The number of rotatable bonds is 2. The highest BCUT2D eigenvalue weighted by Gasteiger charge is 2.32. The molecule has 0 aliphatic carbocycles. The number of hydrogen-bond donors (Lipinski definition) is 2. The number of nitrogens with two attached hydrogens (primary N) is 1. The Balaban J connectivity index is 2.54. The van der Waals surface area contributed by atoms with Crippen LogP contribution in [0.1, 0.15) is 33.6 Å². The first kappa shape index (κ1) is 13.0. The molecule has 1 aliphatic heterocycles. The van der Waals surface area contributed by atoms with E-state index in [0.29, 0.717) is 19.4 Å². The summed E-state index contributed by atoms with van der Waals surface area (Å²) >= 11 is 0. The van der Waals surface area contributed by atoms with Crippen molar-refractivity contribution in [2.75, 3.05) is 6.54 Å². The minimum atomic E-state index is -0.482. The molecule has 5 heteroatoms. The lowest BCUT2D eigenvalue weighted by atomic mass is 9.92. The summed E-state index contributed by atoms with van der Waals surface area (Å²) in [6.45, 7) is 6.12. The van der Waals surface area contributed by atoms with E-state index in [-0.39, 0.29) is 11.9 Å². The molecule has 0 bridgehead atoms. The fourth-order valence-electron chi connectivity index (χ4n) is 1.73. The molecule has 0 spiro atoms. The maximum absolute atomic E-state index is 11.8. The summed E-state index contributed by atoms with van der Waals surface area (Å²) in [5, 5.41) is 2.98. The summed E-state index contributed by atoms with van der Waals surface area (Å²) < 4.78 is 5.29. The van der Waals surface area contributed by atoms with E-state index in [0.717, 1.165) is 0 Å². The van der Waals surface area contributed by atoms with Crippen LogP contribution in [0.3, 0.4) is 0 Å². The van der Waals surface area contributed by atoms with Gasteiger partial charge in [-0.3, -0.25) is 9.59 Å². The predicted octanol–water partition coefficient (Wildman–Crippen LogP) is 0.182. The average Bonchev–Trinajstić information content (AvgIpc) is 2.15. The maximum atomic E-state index is 11.8. The normalized spacial score (nSPS) is 26.2. The van der Waals surface area contributed by atoms with Crippen molar-refractivity contribution in [3.8, 4) is 0 Å². The standard InChI is InChI=1S/C11H20N2O3/c1-11(2,3)16-10(15)7-4-5-13-8(6-7)9(12)14/h7-8,13H,4-6H2,1-3H3,(H2,12,14)/t7-,8+/m1/s1. The molecule has 1 saturated heterocycles. The van der Waals surface area contributed by atoms with Crippen LogP contribution < -0.4 is 11.1 Å². The van der Waals surface area contributed by atoms with Crippen LogP contribution in [0.5, 0.6) is 0 Å². The summed E-state index contributed by atoms with van der Waals surface area (Å²) in [5.41, 5.74) is 4.72. The fraction of sp³-hybridized carbons (Fsp3) is 0.818. The van der Waals surface area contributed by atoms with E-state index in [1.54, 1.807) is 0 Å². The molecule has 0 unspecified atom stereocenters. The van der Waals surface area contributed by atoms with Crippen LogP contribution >= 0.6 is 0 Å². The largest absolute Gasteiger partial charge is 0.460 e. The molecule has 1 rings (SSSR count). The van der Waals surface area contributed by atoms with Gasteiger partial charge in [0.2, 0.25) is 5.91 Å². The molecule has 1 fully saturated rings. The van der Waals surface area contributed by atoms with Crippen LogP contribution in [0.15, 0.2) is 0 Å². The zero-order chi connectivity index (χ0) is 12.3. The lowest BCUT2D eigenvalue weighted by Gasteiger charge is -2.29. The van der Waals surface area contributed by atoms with E-state index in [1.807, 2.05) is 20.8 Å². The van der Waals surface area contributed by atoms with Gasteiger partial charge in [-0.25, -0.2) is 0 Å². The number of nitrogens with one attached hydrogen (secondary N) is 1. The number of hydrogen-bond acceptors (Lipinski definition) is 4. The van der Waals surface area contributed by atoms with Crippen molar-refractivity contribution < 1.29 is 14.3 Å². The molecule has 16 heavy (non-hydrogen) atoms. The first-order valence-corrected chi connectivity index (χ1v) is 5.55. The van der Waals surface area contributed by atoms with E-state index >= 15 is 0 Å². The molecule has 92 valence electrons. The van der Waals surface area contributed by atoms with E-state index in [2.05, 4.69) is 5.32 Å². The number of esters is 1. The van der Waals surface area contributed by atoms with Crippen molar-refractivity contribution in [2.24, 2.45) is 11.7 Å². The van der Waals surface area contributed by atoms with Gasteiger partial charge in [-0.15, -0.1) is 0 Å². The SMILES string of the molecule is CC(C)(C)OC(=O)[C@@H]1CCN[C@H](C(N)=O)C1. The second-order valence-corrected chi connectivity index (χ2v) is 5.16. The number of amides is 1. The molecule has 0 radical (unpaired) electrons. The van der Waals surface area contributed by atoms with Gasteiger partial charge >= 0.3 is 5.97 Å². The minimum Gasteiger partial charge on any atom is -0.460 e. The van der Waals surface area contributed by atoms with Gasteiger partial charge in [-0.05, 0) is 40.2 Å². The highest BCUT2D eigenvalue weighted by atomic mass is 16.6. The van der Waals surface area contributed by atoms with E-state index in [4.69, 9.17) is 10.5 Å². The van der Waals surface area contributed by atoms with Crippen LogP contribution in [0.25, 0.3) is 0 Å². The molecule has 2 atom stereocenters. The molecule has 1 amide bonds. The van der Waals surface area contributed by atoms with Gasteiger partial charge in [0.25, 0.3) is 0 Å². The van der Waals surface area contributed by atoms with E-state index in [1.165, 1.54) is 0 Å². The monoisotopic (exact) mass is 228 g/mol. The molecule has 0 aromatic carbocycles. The average molecular weight is 228 g/mol. The van der Waals surface area contributed by atoms with Crippen LogP contribution in [0, 0.1) is 5.92 Å². The summed E-state index contributed by atoms with van der Waals surface area (Å²) in [6, 6.07) is -0.411. The van der Waals surface area contributed by atoms with Crippen molar-refractivity contribution in [2.45, 2.75) is 45.3 Å². The predicted molar refractivity (Wildman–Crippen MR) is 59.6 cm³/mol. The van der Waals surface area contributed by atoms with Crippen LogP contribution in [0.4, 0.5) is 0 Å². The number of carbonyl (C=O) groups is 2. The van der Waals surface area contributed by atoms with Gasteiger partial charge in [0.15, 0.2) is 0 Å². The lowest BCUT2D eigenvalue weighted by Crippen LogP contribution is -2.48.